The summed E-state index contributed by atoms with van der Waals surface area (Å²) in [6, 6.07) is 8.71. The van der Waals surface area contributed by atoms with E-state index in [0.29, 0.717) is 29.2 Å². The summed E-state index contributed by atoms with van der Waals surface area (Å²) in [5, 5.41) is 26.8. The molecule has 0 aliphatic carbocycles. The lowest BCUT2D eigenvalue weighted by molar-refractivity contribution is 0.0180. The highest BCUT2D eigenvalue weighted by Gasteiger charge is 2.52. The predicted octanol–water partition coefficient (Wildman–Crippen LogP) is 2.61. The van der Waals surface area contributed by atoms with Crippen LogP contribution in [0.3, 0.4) is 0 Å². The molecule has 4 atom stereocenters. The van der Waals surface area contributed by atoms with Gasteiger partial charge in [0.15, 0.2) is 5.82 Å². The molecule has 0 amide bonds. The van der Waals surface area contributed by atoms with Crippen molar-refractivity contribution in [3.8, 4) is 22.7 Å². The maximum absolute atomic E-state index is 15.4. The number of aromatic hydroxyl groups is 1. The third-order valence-electron chi connectivity index (χ3n) is 6.75. The van der Waals surface area contributed by atoms with Crippen molar-refractivity contribution in [2.24, 2.45) is 0 Å². The average Bonchev–Trinajstić information content (AvgIpc) is 3.38. The first-order valence-electron chi connectivity index (χ1n) is 10.2. The molecule has 2 aliphatic rings. The highest BCUT2D eigenvalue weighted by atomic mass is 19.1. The summed E-state index contributed by atoms with van der Waals surface area (Å²) in [4.78, 5) is 3.98. The van der Waals surface area contributed by atoms with Gasteiger partial charge in [-0.25, -0.2) is 9.07 Å². The van der Waals surface area contributed by atoms with Gasteiger partial charge in [0, 0.05) is 24.7 Å². The third kappa shape index (κ3) is 3.07. The summed E-state index contributed by atoms with van der Waals surface area (Å²) >= 11 is 0. The number of likely N-dealkylation sites (N-methyl/N-ethyl adjacent to an activating group) is 1. The monoisotopic (exact) mass is 421 g/mol. The second-order valence-electron chi connectivity index (χ2n) is 8.40. The fraction of sp³-hybridized carbons (Fsp3) is 0.364. The Morgan fingerprint density at radius 2 is 2.06 bits per heavy atom. The lowest BCUT2D eigenvalue weighted by atomic mass is 9.84. The zero-order valence-electron chi connectivity index (χ0n) is 17.6. The first-order chi connectivity index (χ1) is 14.9. The van der Waals surface area contributed by atoms with E-state index in [2.05, 4.69) is 31.5 Å². The second kappa shape index (κ2) is 7.12. The Kier molecular flexibility index (Phi) is 4.51. The van der Waals surface area contributed by atoms with Gasteiger partial charge in [-0.1, -0.05) is 17.4 Å². The fourth-order valence-corrected chi connectivity index (χ4v) is 4.60. The van der Waals surface area contributed by atoms with Crippen LogP contribution in [0.15, 0.2) is 54.9 Å². The SMILES string of the molecule is CN(c1ccc(-c2ccc(-n3ccnn3)cc2O)nn1)[C@H]1C[C@@H]2C=C[C@](C)([C@@H]1F)N2C. The van der Waals surface area contributed by atoms with Crippen molar-refractivity contribution in [2.75, 3.05) is 19.0 Å². The van der Waals surface area contributed by atoms with Gasteiger partial charge >= 0.3 is 0 Å². The Bertz CT molecular complexity index is 1120. The topological polar surface area (TPSA) is 83.2 Å². The Labute approximate surface area is 179 Å². The van der Waals surface area contributed by atoms with Gasteiger partial charge in [-0.15, -0.1) is 15.3 Å². The van der Waals surface area contributed by atoms with Crippen molar-refractivity contribution in [3.05, 3.63) is 54.9 Å². The highest BCUT2D eigenvalue weighted by Crippen LogP contribution is 2.42. The van der Waals surface area contributed by atoms with Crippen molar-refractivity contribution in [3.63, 3.8) is 0 Å². The molecule has 160 valence electrons. The number of benzene rings is 1. The molecule has 8 nitrogen and oxygen atoms in total. The van der Waals surface area contributed by atoms with Crippen molar-refractivity contribution in [1.29, 1.82) is 0 Å². The third-order valence-corrected chi connectivity index (χ3v) is 6.75. The molecule has 3 aromatic rings. The molecule has 0 unspecified atom stereocenters. The smallest absolute Gasteiger partial charge is 0.151 e. The normalized spacial score (nSPS) is 27.5. The van der Waals surface area contributed by atoms with Gasteiger partial charge in [0.25, 0.3) is 0 Å². The molecule has 1 aromatic carbocycles. The molecular formula is C22H24FN7O. The minimum absolute atomic E-state index is 0.0677. The molecule has 1 saturated heterocycles. The van der Waals surface area contributed by atoms with Crippen LogP contribution < -0.4 is 4.90 Å². The summed E-state index contributed by atoms with van der Waals surface area (Å²) in [6.45, 7) is 1.94. The fourth-order valence-electron chi connectivity index (χ4n) is 4.60. The largest absolute Gasteiger partial charge is 0.507 e. The minimum Gasteiger partial charge on any atom is -0.507 e. The molecule has 2 aliphatic heterocycles. The standard InChI is InChI=1S/C22H24FN7O/c1-22-9-8-14(29(22)3)12-18(21(22)23)28(2)20-7-6-17(25-26-20)16-5-4-15(13-19(16)31)30-11-10-24-27-30/h4-11,13-14,18,21,31H,12H2,1-3H3/t14-,18-,21+,22+/m0/s1. The van der Waals surface area contributed by atoms with Crippen LogP contribution in [-0.4, -0.2) is 73.1 Å². The average molecular weight is 421 g/mol. The van der Waals surface area contributed by atoms with Gasteiger partial charge in [0.05, 0.1) is 35.4 Å². The van der Waals surface area contributed by atoms with E-state index in [1.54, 1.807) is 35.3 Å². The van der Waals surface area contributed by atoms with E-state index in [1.807, 2.05) is 44.1 Å². The molecule has 0 radical (unpaired) electrons. The number of phenolic OH excluding ortho intramolecular Hbond substituents is 1. The number of hydrogen-bond acceptors (Lipinski definition) is 7. The Hall–Kier alpha value is -3.33. The molecule has 0 saturated carbocycles. The Morgan fingerprint density at radius 3 is 2.74 bits per heavy atom. The van der Waals surface area contributed by atoms with Gasteiger partial charge in [-0.05, 0) is 44.7 Å². The Morgan fingerprint density at radius 1 is 1.23 bits per heavy atom. The number of halogens is 1. The number of phenols is 1. The molecule has 5 rings (SSSR count). The number of fused-ring (bicyclic) bond motifs is 2. The van der Waals surface area contributed by atoms with Crippen LogP contribution in [0.2, 0.25) is 0 Å². The highest BCUT2D eigenvalue weighted by molar-refractivity contribution is 5.69. The van der Waals surface area contributed by atoms with Crippen LogP contribution in [0.1, 0.15) is 13.3 Å². The van der Waals surface area contributed by atoms with E-state index in [0.717, 1.165) is 0 Å². The van der Waals surface area contributed by atoms with Crippen molar-refractivity contribution in [2.45, 2.75) is 37.1 Å². The number of anilines is 1. The van der Waals surface area contributed by atoms with Crippen LogP contribution >= 0.6 is 0 Å². The lowest BCUT2D eigenvalue weighted by Crippen LogP contribution is -2.63. The van der Waals surface area contributed by atoms with E-state index < -0.39 is 11.7 Å². The molecule has 2 bridgehead atoms. The lowest BCUT2D eigenvalue weighted by Gasteiger charge is -2.49. The van der Waals surface area contributed by atoms with Crippen LogP contribution in [0.4, 0.5) is 10.2 Å². The van der Waals surface area contributed by atoms with Crippen LogP contribution in [-0.2, 0) is 0 Å². The number of alkyl halides is 1. The number of rotatable bonds is 4. The number of nitrogens with zero attached hydrogens (tertiary/aromatic N) is 7. The van der Waals surface area contributed by atoms with E-state index >= 15 is 4.39 Å². The number of hydrogen-bond donors (Lipinski definition) is 1. The van der Waals surface area contributed by atoms with Gasteiger partial charge in [0.1, 0.15) is 11.9 Å². The first-order valence-corrected chi connectivity index (χ1v) is 10.2. The predicted molar refractivity (Wildman–Crippen MR) is 115 cm³/mol. The van der Waals surface area contributed by atoms with E-state index in [1.165, 1.54) is 0 Å². The molecule has 4 heterocycles. The van der Waals surface area contributed by atoms with Crippen LogP contribution in [0.25, 0.3) is 16.9 Å². The second-order valence-corrected chi connectivity index (χ2v) is 8.40. The number of aromatic nitrogens is 5. The van der Waals surface area contributed by atoms with E-state index in [-0.39, 0.29) is 17.8 Å². The maximum atomic E-state index is 15.4. The van der Waals surface area contributed by atoms with Crippen molar-refractivity contribution in [1.82, 2.24) is 30.1 Å². The summed E-state index contributed by atoms with van der Waals surface area (Å²) in [7, 11) is 3.84. The molecule has 2 aromatic heterocycles. The van der Waals surface area contributed by atoms with Crippen LogP contribution in [0, 0.1) is 0 Å². The number of piperidine rings is 1. The first kappa shape index (κ1) is 19.6. The summed E-state index contributed by atoms with van der Waals surface area (Å²) in [6.07, 6.45) is 6.99. The minimum atomic E-state index is -1.05. The molecule has 1 fully saturated rings. The van der Waals surface area contributed by atoms with Crippen LogP contribution in [0.5, 0.6) is 5.75 Å². The molecule has 1 N–H and O–H groups in total. The molecule has 9 heteroatoms. The van der Waals surface area contributed by atoms with Gasteiger partial charge < -0.3 is 10.0 Å². The zero-order chi connectivity index (χ0) is 21.8. The molecular weight excluding hydrogens is 397 g/mol. The molecule has 0 spiro atoms. The summed E-state index contributed by atoms with van der Waals surface area (Å²) < 4.78 is 17.0. The summed E-state index contributed by atoms with van der Waals surface area (Å²) in [5.74, 6) is 0.667. The van der Waals surface area contributed by atoms with Crippen molar-refractivity contribution >= 4 is 5.82 Å². The van der Waals surface area contributed by atoms with E-state index in [9.17, 15) is 5.11 Å². The maximum Gasteiger partial charge on any atom is 0.151 e. The molecule has 31 heavy (non-hydrogen) atoms. The zero-order valence-corrected chi connectivity index (χ0v) is 17.6. The quantitative estimate of drug-likeness (QED) is 0.649. The van der Waals surface area contributed by atoms with Gasteiger partial charge in [0.2, 0.25) is 0 Å². The van der Waals surface area contributed by atoms with E-state index in [4.69, 9.17) is 0 Å². The van der Waals surface area contributed by atoms with Gasteiger partial charge in [-0.2, -0.15) is 0 Å². The Balaban J connectivity index is 1.37. The van der Waals surface area contributed by atoms with Crippen molar-refractivity contribution < 1.29 is 9.50 Å². The summed E-state index contributed by atoms with van der Waals surface area (Å²) in [5.41, 5.74) is 1.18. The van der Waals surface area contributed by atoms with Gasteiger partial charge in [-0.3, -0.25) is 4.90 Å².